The Bertz CT molecular complexity index is 3760. The SMILES string of the molecule is c1ccc(-c2ccc3c(c2)C2(c4ccccc4-c4ccccc42)c2cc(-c4ccccc4)ccc2N3c2cccc3c2oc2c(-c4nc(-c5ccccc5)nc(-c5ccccc5)n4)cccc23)cc1. The van der Waals surface area contributed by atoms with Crippen molar-refractivity contribution in [2.24, 2.45) is 0 Å². The van der Waals surface area contributed by atoms with Crippen LogP contribution >= 0.6 is 0 Å². The third-order valence-electron chi connectivity index (χ3n) is 14.1. The number of fused-ring (bicyclic) bond motifs is 12. The van der Waals surface area contributed by atoms with Crippen LogP contribution in [0.1, 0.15) is 22.3 Å². The summed E-state index contributed by atoms with van der Waals surface area (Å²) in [5.41, 5.74) is 18.7. The van der Waals surface area contributed by atoms with E-state index in [2.05, 4.69) is 187 Å². The largest absolute Gasteiger partial charge is 0.453 e. The van der Waals surface area contributed by atoms with Gasteiger partial charge < -0.3 is 9.32 Å². The molecule has 3 heterocycles. The van der Waals surface area contributed by atoms with Crippen molar-refractivity contribution in [2.45, 2.75) is 5.41 Å². The molecule has 10 aromatic carbocycles. The highest BCUT2D eigenvalue weighted by Crippen LogP contribution is 2.64. The van der Waals surface area contributed by atoms with Gasteiger partial charge >= 0.3 is 0 Å². The van der Waals surface area contributed by atoms with E-state index in [9.17, 15) is 0 Å². The van der Waals surface area contributed by atoms with E-state index in [0.717, 1.165) is 66.8 Å². The lowest BCUT2D eigenvalue weighted by atomic mass is 9.64. The quantitative estimate of drug-likeness (QED) is 0.167. The lowest BCUT2D eigenvalue weighted by Gasteiger charge is -2.45. The summed E-state index contributed by atoms with van der Waals surface area (Å²) in [6, 6.07) is 86.6. The number of hydrogen-bond donors (Lipinski definition) is 0. The number of furan rings is 1. The summed E-state index contributed by atoms with van der Waals surface area (Å²) in [7, 11) is 0. The number of aromatic nitrogens is 3. The van der Waals surface area contributed by atoms with Gasteiger partial charge in [0.05, 0.1) is 28.0 Å². The fourth-order valence-corrected chi connectivity index (χ4v) is 11.1. The molecule has 0 fully saturated rings. The molecular weight excluding hydrogens is 841 g/mol. The average Bonchev–Trinajstić information content (AvgIpc) is 3.96. The van der Waals surface area contributed by atoms with Crippen molar-refractivity contribution < 1.29 is 4.42 Å². The topological polar surface area (TPSA) is 55.1 Å². The fourth-order valence-electron chi connectivity index (χ4n) is 11.1. The van der Waals surface area contributed by atoms with Crippen molar-refractivity contribution in [1.82, 2.24) is 15.0 Å². The molecule has 12 aromatic rings. The van der Waals surface area contributed by atoms with E-state index in [1.807, 2.05) is 60.7 Å². The molecule has 0 radical (unpaired) electrons. The van der Waals surface area contributed by atoms with E-state index in [1.165, 1.54) is 44.5 Å². The molecule has 5 nitrogen and oxygen atoms in total. The van der Waals surface area contributed by atoms with Crippen LogP contribution in [0.15, 0.2) is 247 Å². The zero-order chi connectivity index (χ0) is 45.5. The number of hydrogen-bond acceptors (Lipinski definition) is 5. The van der Waals surface area contributed by atoms with Gasteiger partial charge in [-0.1, -0.05) is 206 Å². The summed E-state index contributed by atoms with van der Waals surface area (Å²) in [5.74, 6) is 1.75. The monoisotopic (exact) mass is 880 g/mol. The van der Waals surface area contributed by atoms with E-state index in [0.29, 0.717) is 17.5 Å². The molecule has 69 heavy (non-hydrogen) atoms. The van der Waals surface area contributed by atoms with Gasteiger partial charge in [-0.25, -0.2) is 15.0 Å². The van der Waals surface area contributed by atoms with E-state index in [1.54, 1.807) is 0 Å². The van der Waals surface area contributed by atoms with Crippen molar-refractivity contribution in [3.05, 3.63) is 265 Å². The Kier molecular flexibility index (Phi) is 8.73. The Morgan fingerprint density at radius 2 is 0.710 bits per heavy atom. The molecule has 0 atom stereocenters. The molecule has 1 aliphatic heterocycles. The zero-order valence-electron chi connectivity index (χ0n) is 37.3. The summed E-state index contributed by atoms with van der Waals surface area (Å²) in [5, 5.41) is 1.99. The number of anilines is 3. The van der Waals surface area contributed by atoms with Crippen molar-refractivity contribution >= 4 is 39.0 Å². The summed E-state index contributed by atoms with van der Waals surface area (Å²) >= 11 is 0. The van der Waals surface area contributed by atoms with Gasteiger partial charge in [-0.2, -0.15) is 0 Å². The smallest absolute Gasteiger partial charge is 0.167 e. The predicted molar refractivity (Wildman–Crippen MR) is 280 cm³/mol. The highest BCUT2D eigenvalue weighted by Gasteiger charge is 2.52. The van der Waals surface area contributed by atoms with Crippen molar-refractivity contribution in [3.63, 3.8) is 0 Å². The van der Waals surface area contributed by atoms with Crippen LogP contribution < -0.4 is 4.90 Å². The second-order valence-electron chi connectivity index (χ2n) is 17.8. The van der Waals surface area contributed by atoms with Gasteiger partial charge in [-0.3, -0.25) is 0 Å². The maximum absolute atomic E-state index is 7.32. The second kappa shape index (κ2) is 15.4. The van der Waals surface area contributed by atoms with Gasteiger partial charge in [-0.05, 0) is 92.0 Å². The highest BCUT2D eigenvalue weighted by molar-refractivity contribution is 6.14. The summed E-state index contributed by atoms with van der Waals surface area (Å²) in [4.78, 5) is 17.7. The lowest BCUT2D eigenvalue weighted by molar-refractivity contribution is 0.669. The van der Waals surface area contributed by atoms with Crippen LogP contribution in [-0.4, -0.2) is 15.0 Å². The van der Waals surface area contributed by atoms with Gasteiger partial charge in [0.1, 0.15) is 5.58 Å². The Labute approximate surface area is 399 Å². The zero-order valence-corrected chi connectivity index (χ0v) is 37.3. The van der Waals surface area contributed by atoms with E-state index >= 15 is 0 Å². The highest BCUT2D eigenvalue weighted by atomic mass is 16.3. The molecule has 322 valence electrons. The third-order valence-corrected chi connectivity index (χ3v) is 14.1. The first-order chi connectivity index (χ1) is 34.2. The minimum absolute atomic E-state index is 0.546. The maximum atomic E-state index is 7.32. The number of benzene rings is 10. The molecule has 2 aromatic heterocycles. The lowest BCUT2D eigenvalue weighted by Crippen LogP contribution is -2.36. The van der Waals surface area contributed by atoms with Crippen LogP contribution in [0, 0.1) is 0 Å². The molecule has 0 saturated heterocycles. The van der Waals surface area contributed by atoms with E-state index in [4.69, 9.17) is 19.4 Å². The van der Waals surface area contributed by atoms with Crippen LogP contribution in [0.25, 0.3) is 89.5 Å². The van der Waals surface area contributed by atoms with Gasteiger partial charge in [0.2, 0.25) is 0 Å². The van der Waals surface area contributed by atoms with Crippen molar-refractivity contribution in [2.75, 3.05) is 4.90 Å². The molecule has 0 saturated carbocycles. The second-order valence-corrected chi connectivity index (χ2v) is 17.8. The van der Waals surface area contributed by atoms with E-state index in [-0.39, 0.29) is 0 Å². The molecule has 2 aliphatic rings. The first-order valence-corrected chi connectivity index (χ1v) is 23.4. The number of nitrogens with zero attached hydrogens (tertiary/aromatic N) is 4. The molecule has 5 heteroatoms. The molecule has 0 N–H and O–H groups in total. The first-order valence-electron chi connectivity index (χ1n) is 23.4. The number of para-hydroxylation sites is 2. The Balaban J connectivity index is 1.05. The Hall–Kier alpha value is -9.19. The predicted octanol–water partition coefficient (Wildman–Crippen LogP) is 16.3. The standard InChI is InChI=1S/C64H40N4O/c1-5-19-41(20-6-1)45-35-37-56-54(39-45)64(52-32-15-13-27-47(52)48-28-14-16-33-53(48)64)55-40-46(42-21-7-2-8-22-42)36-38-57(55)68(56)58-34-18-30-50-49-29-17-31-51(59(49)69-60(50)58)63-66-61(43-23-9-3-10-24-43)65-62(67-63)44-25-11-4-12-26-44/h1-40H. The molecular formula is C64H40N4O. The first kappa shape index (κ1) is 39.0. The Morgan fingerprint density at radius 1 is 0.290 bits per heavy atom. The normalized spacial score (nSPS) is 13.0. The van der Waals surface area contributed by atoms with Crippen LogP contribution in [0.5, 0.6) is 0 Å². The van der Waals surface area contributed by atoms with E-state index < -0.39 is 5.41 Å². The molecule has 14 rings (SSSR count). The maximum Gasteiger partial charge on any atom is 0.167 e. The molecule has 1 spiro atoms. The summed E-state index contributed by atoms with van der Waals surface area (Å²) in [6.45, 7) is 0. The summed E-state index contributed by atoms with van der Waals surface area (Å²) in [6.07, 6.45) is 0. The van der Waals surface area contributed by atoms with Crippen LogP contribution in [0.4, 0.5) is 17.1 Å². The van der Waals surface area contributed by atoms with Crippen molar-refractivity contribution in [1.29, 1.82) is 0 Å². The van der Waals surface area contributed by atoms with Gasteiger partial charge in [0.25, 0.3) is 0 Å². The minimum Gasteiger partial charge on any atom is -0.453 e. The van der Waals surface area contributed by atoms with Gasteiger partial charge in [0, 0.05) is 21.9 Å². The van der Waals surface area contributed by atoms with Crippen LogP contribution in [0.2, 0.25) is 0 Å². The van der Waals surface area contributed by atoms with Crippen LogP contribution in [0.3, 0.4) is 0 Å². The minimum atomic E-state index is -0.648. The number of rotatable bonds is 6. The fraction of sp³-hybridized carbons (Fsp3) is 0.0156. The molecule has 1 aliphatic carbocycles. The van der Waals surface area contributed by atoms with Gasteiger partial charge in [-0.15, -0.1) is 0 Å². The van der Waals surface area contributed by atoms with Crippen molar-refractivity contribution in [3.8, 4) is 67.5 Å². The third kappa shape index (κ3) is 5.94. The summed E-state index contributed by atoms with van der Waals surface area (Å²) < 4.78 is 7.32. The molecule has 0 amide bonds. The average molecular weight is 881 g/mol. The molecule has 0 bridgehead atoms. The molecule has 0 unspecified atom stereocenters. The van der Waals surface area contributed by atoms with Gasteiger partial charge in [0.15, 0.2) is 23.1 Å². The van der Waals surface area contributed by atoms with Crippen LogP contribution in [-0.2, 0) is 5.41 Å². The Morgan fingerprint density at radius 3 is 1.23 bits per heavy atom.